The Morgan fingerprint density at radius 3 is 2.10 bits per heavy atom. The van der Waals surface area contributed by atoms with Crippen LogP contribution in [0.25, 0.3) is 0 Å². The third kappa shape index (κ3) is 3.18. The Morgan fingerprint density at radius 2 is 1.62 bits per heavy atom. The average Bonchev–Trinajstić information content (AvgIpc) is 2.45. The van der Waals surface area contributed by atoms with Gasteiger partial charge in [-0.05, 0) is 41.9 Å². The normalized spacial score (nSPS) is 26.5. The summed E-state index contributed by atoms with van der Waals surface area (Å²) in [5.74, 6) is 2.08. The maximum Gasteiger partial charge on any atom is 0.122 e. The van der Waals surface area contributed by atoms with Gasteiger partial charge < -0.3 is 15.2 Å². The zero-order valence-electron chi connectivity index (χ0n) is 14.0. The lowest BCUT2D eigenvalue weighted by molar-refractivity contribution is 0.0775. The Labute approximate surface area is 128 Å². The van der Waals surface area contributed by atoms with E-state index in [2.05, 4.69) is 32.9 Å². The second-order valence-electron chi connectivity index (χ2n) is 7.31. The molecular formula is C18H29NO2. The summed E-state index contributed by atoms with van der Waals surface area (Å²) in [4.78, 5) is 0. The highest BCUT2D eigenvalue weighted by atomic mass is 16.5. The van der Waals surface area contributed by atoms with Crippen LogP contribution in [0.4, 0.5) is 0 Å². The van der Waals surface area contributed by atoms with Crippen LogP contribution in [0, 0.1) is 11.3 Å². The molecule has 0 radical (unpaired) electrons. The molecule has 3 heteroatoms. The van der Waals surface area contributed by atoms with Crippen LogP contribution >= 0.6 is 0 Å². The van der Waals surface area contributed by atoms with Gasteiger partial charge in [-0.15, -0.1) is 0 Å². The Morgan fingerprint density at radius 1 is 1.05 bits per heavy atom. The van der Waals surface area contributed by atoms with Crippen molar-refractivity contribution in [1.29, 1.82) is 0 Å². The van der Waals surface area contributed by atoms with Gasteiger partial charge in [-0.2, -0.15) is 0 Å². The summed E-state index contributed by atoms with van der Waals surface area (Å²) in [6.45, 7) is 6.88. The predicted octanol–water partition coefficient (Wildman–Crippen LogP) is 4.09. The lowest BCUT2D eigenvalue weighted by Crippen LogP contribution is -2.51. The topological polar surface area (TPSA) is 44.5 Å². The molecular weight excluding hydrogens is 262 g/mol. The van der Waals surface area contributed by atoms with E-state index in [0.717, 1.165) is 23.5 Å². The van der Waals surface area contributed by atoms with Crippen molar-refractivity contribution in [1.82, 2.24) is 0 Å². The van der Waals surface area contributed by atoms with Crippen molar-refractivity contribution in [2.24, 2.45) is 17.1 Å². The fraction of sp³-hybridized carbons (Fsp3) is 0.667. The minimum atomic E-state index is -0.307. The second kappa shape index (κ2) is 5.88. The summed E-state index contributed by atoms with van der Waals surface area (Å²) in [7, 11) is 3.37. The van der Waals surface area contributed by atoms with E-state index >= 15 is 0 Å². The van der Waals surface area contributed by atoms with Crippen LogP contribution < -0.4 is 15.2 Å². The molecule has 0 saturated heterocycles. The maximum absolute atomic E-state index is 6.95. The highest BCUT2D eigenvalue weighted by Crippen LogP contribution is 2.49. The molecule has 2 unspecified atom stereocenters. The first-order valence-electron chi connectivity index (χ1n) is 7.83. The summed E-state index contributed by atoms with van der Waals surface area (Å²) in [5, 5.41) is 0. The van der Waals surface area contributed by atoms with Gasteiger partial charge in [-0.3, -0.25) is 0 Å². The van der Waals surface area contributed by atoms with Crippen LogP contribution in [0.3, 0.4) is 0 Å². The third-order valence-electron chi connectivity index (χ3n) is 4.89. The molecule has 1 aliphatic carbocycles. The molecule has 0 spiro atoms. The minimum Gasteiger partial charge on any atom is -0.497 e. The first kappa shape index (κ1) is 16.2. The van der Waals surface area contributed by atoms with E-state index in [4.69, 9.17) is 15.2 Å². The third-order valence-corrected chi connectivity index (χ3v) is 4.89. The molecule has 1 aromatic rings. The fourth-order valence-electron chi connectivity index (χ4n) is 3.83. The van der Waals surface area contributed by atoms with Crippen molar-refractivity contribution in [3.05, 3.63) is 23.8 Å². The number of benzene rings is 1. The quantitative estimate of drug-likeness (QED) is 0.912. The molecule has 0 aromatic heterocycles. The van der Waals surface area contributed by atoms with Crippen LogP contribution in [0.5, 0.6) is 11.5 Å². The SMILES string of the molecule is COc1cc(OC)cc(C2(N)CCCCC2C(C)(C)C)c1. The van der Waals surface area contributed by atoms with Crippen LogP contribution in [-0.2, 0) is 5.54 Å². The van der Waals surface area contributed by atoms with Gasteiger partial charge in [0, 0.05) is 11.6 Å². The van der Waals surface area contributed by atoms with E-state index in [1.807, 2.05) is 6.07 Å². The Bertz CT molecular complexity index is 470. The van der Waals surface area contributed by atoms with Crippen LogP contribution in [-0.4, -0.2) is 14.2 Å². The first-order chi connectivity index (χ1) is 9.81. The van der Waals surface area contributed by atoms with Crippen molar-refractivity contribution in [2.75, 3.05) is 14.2 Å². The number of methoxy groups -OCH3 is 2. The van der Waals surface area contributed by atoms with Gasteiger partial charge in [-0.1, -0.05) is 33.6 Å². The zero-order valence-corrected chi connectivity index (χ0v) is 14.0. The standard InChI is InChI=1S/C18H29NO2/c1-17(2,3)16-8-6-7-9-18(16,19)13-10-14(20-4)12-15(11-13)21-5/h10-12,16H,6-9,19H2,1-5H3. The average molecular weight is 291 g/mol. The summed E-state index contributed by atoms with van der Waals surface area (Å²) in [6, 6.07) is 6.06. The smallest absolute Gasteiger partial charge is 0.122 e. The van der Waals surface area contributed by atoms with Crippen molar-refractivity contribution >= 4 is 0 Å². The molecule has 21 heavy (non-hydrogen) atoms. The van der Waals surface area contributed by atoms with Crippen LogP contribution in [0.15, 0.2) is 18.2 Å². The number of rotatable bonds is 3. The molecule has 1 aromatic carbocycles. The largest absolute Gasteiger partial charge is 0.497 e. The summed E-state index contributed by atoms with van der Waals surface area (Å²) >= 11 is 0. The maximum atomic E-state index is 6.95. The van der Waals surface area contributed by atoms with E-state index < -0.39 is 0 Å². The van der Waals surface area contributed by atoms with Gasteiger partial charge in [0.2, 0.25) is 0 Å². The molecule has 2 N–H and O–H groups in total. The summed E-state index contributed by atoms with van der Waals surface area (Å²) < 4.78 is 10.8. The number of hydrogen-bond donors (Lipinski definition) is 1. The number of nitrogens with two attached hydrogens (primary N) is 1. The summed E-state index contributed by atoms with van der Waals surface area (Å²) in [6.07, 6.45) is 4.65. The van der Waals surface area contributed by atoms with Crippen molar-refractivity contribution in [2.45, 2.75) is 52.0 Å². The fourth-order valence-corrected chi connectivity index (χ4v) is 3.83. The van der Waals surface area contributed by atoms with E-state index in [0.29, 0.717) is 5.92 Å². The highest BCUT2D eigenvalue weighted by Gasteiger charge is 2.44. The van der Waals surface area contributed by atoms with E-state index in [1.165, 1.54) is 19.3 Å². The molecule has 0 bridgehead atoms. The Balaban J connectivity index is 2.49. The second-order valence-corrected chi connectivity index (χ2v) is 7.31. The van der Waals surface area contributed by atoms with Gasteiger partial charge in [0.25, 0.3) is 0 Å². The van der Waals surface area contributed by atoms with Crippen LogP contribution in [0.2, 0.25) is 0 Å². The van der Waals surface area contributed by atoms with Crippen molar-refractivity contribution < 1.29 is 9.47 Å². The first-order valence-corrected chi connectivity index (χ1v) is 7.83. The van der Waals surface area contributed by atoms with Gasteiger partial charge in [0.05, 0.1) is 14.2 Å². The molecule has 2 rings (SSSR count). The van der Waals surface area contributed by atoms with E-state index in [-0.39, 0.29) is 11.0 Å². The minimum absolute atomic E-state index is 0.186. The molecule has 0 aliphatic heterocycles. The molecule has 1 saturated carbocycles. The molecule has 118 valence electrons. The van der Waals surface area contributed by atoms with Crippen molar-refractivity contribution in [3.8, 4) is 11.5 Å². The Kier molecular flexibility index (Phi) is 4.52. The monoisotopic (exact) mass is 291 g/mol. The number of ether oxygens (including phenoxy) is 2. The summed E-state index contributed by atoms with van der Waals surface area (Å²) in [5.41, 5.74) is 7.96. The van der Waals surface area contributed by atoms with Crippen LogP contribution in [0.1, 0.15) is 52.0 Å². The molecule has 1 aliphatic rings. The molecule has 1 fully saturated rings. The highest BCUT2D eigenvalue weighted by molar-refractivity contribution is 5.42. The van der Waals surface area contributed by atoms with Gasteiger partial charge in [0.15, 0.2) is 0 Å². The number of hydrogen-bond acceptors (Lipinski definition) is 3. The predicted molar refractivity (Wildman–Crippen MR) is 86.8 cm³/mol. The molecule has 2 atom stereocenters. The zero-order chi connectivity index (χ0) is 15.7. The molecule has 0 amide bonds. The molecule has 3 nitrogen and oxygen atoms in total. The Hall–Kier alpha value is -1.22. The van der Waals surface area contributed by atoms with Gasteiger partial charge in [-0.25, -0.2) is 0 Å². The van der Waals surface area contributed by atoms with E-state index in [9.17, 15) is 0 Å². The van der Waals surface area contributed by atoms with Gasteiger partial charge >= 0.3 is 0 Å². The molecule has 0 heterocycles. The van der Waals surface area contributed by atoms with E-state index in [1.54, 1.807) is 14.2 Å². The van der Waals surface area contributed by atoms with Gasteiger partial charge in [0.1, 0.15) is 11.5 Å². The lowest BCUT2D eigenvalue weighted by Gasteiger charge is -2.48. The van der Waals surface area contributed by atoms with Crippen molar-refractivity contribution in [3.63, 3.8) is 0 Å². The lowest BCUT2D eigenvalue weighted by atomic mass is 9.60.